The summed E-state index contributed by atoms with van der Waals surface area (Å²) in [6.45, 7) is 9.78. The standard InChI is InChI=1S/C16H27N/c1-5-6-14(12-17)11-13-7-9-15(10-8-13)16(2,3)4/h7-10,14H,5-6,11-12,17H2,1-4H3. The van der Waals surface area contributed by atoms with E-state index >= 15 is 0 Å². The minimum absolute atomic E-state index is 0.245. The van der Waals surface area contributed by atoms with Crippen LogP contribution in [-0.2, 0) is 11.8 Å². The van der Waals surface area contributed by atoms with Crippen LogP contribution in [0.3, 0.4) is 0 Å². The minimum atomic E-state index is 0.245. The second kappa shape index (κ2) is 6.20. The Labute approximate surface area is 106 Å². The number of nitrogens with two attached hydrogens (primary N) is 1. The van der Waals surface area contributed by atoms with E-state index in [-0.39, 0.29) is 5.41 Å². The van der Waals surface area contributed by atoms with Crippen LogP contribution in [0.2, 0.25) is 0 Å². The van der Waals surface area contributed by atoms with Crippen molar-refractivity contribution in [2.75, 3.05) is 6.54 Å². The quantitative estimate of drug-likeness (QED) is 0.820. The molecule has 0 spiro atoms. The van der Waals surface area contributed by atoms with Crippen LogP contribution in [-0.4, -0.2) is 6.54 Å². The molecule has 96 valence electrons. The lowest BCUT2D eigenvalue weighted by Gasteiger charge is -2.20. The van der Waals surface area contributed by atoms with Crippen LogP contribution in [0.1, 0.15) is 51.7 Å². The molecule has 1 aromatic rings. The average molecular weight is 233 g/mol. The van der Waals surface area contributed by atoms with Gasteiger partial charge in [0.05, 0.1) is 0 Å². The molecule has 1 aromatic carbocycles. The van der Waals surface area contributed by atoms with E-state index in [2.05, 4.69) is 52.0 Å². The minimum Gasteiger partial charge on any atom is -0.330 e. The van der Waals surface area contributed by atoms with Gasteiger partial charge in [-0.05, 0) is 41.8 Å². The summed E-state index contributed by atoms with van der Waals surface area (Å²) in [4.78, 5) is 0. The van der Waals surface area contributed by atoms with E-state index in [0.29, 0.717) is 5.92 Å². The monoisotopic (exact) mass is 233 g/mol. The Morgan fingerprint density at radius 3 is 2.12 bits per heavy atom. The highest BCUT2D eigenvalue weighted by Crippen LogP contribution is 2.23. The summed E-state index contributed by atoms with van der Waals surface area (Å²) < 4.78 is 0. The molecule has 1 nitrogen and oxygen atoms in total. The molecular formula is C16H27N. The van der Waals surface area contributed by atoms with E-state index in [1.807, 2.05) is 0 Å². The van der Waals surface area contributed by atoms with Crippen molar-refractivity contribution in [2.24, 2.45) is 11.7 Å². The summed E-state index contributed by atoms with van der Waals surface area (Å²) in [5, 5.41) is 0. The van der Waals surface area contributed by atoms with Crippen molar-refractivity contribution < 1.29 is 0 Å². The molecule has 2 N–H and O–H groups in total. The number of hydrogen-bond acceptors (Lipinski definition) is 1. The van der Waals surface area contributed by atoms with Crippen LogP contribution >= 0.6 is 0 Å². The smallest absolute Gasteiger partial charge is 0.00457 e. The highest BCUT2D eigenvalue weighted by Gasteiger charge is 2.13. The van der Waals surface area contributed by atoms with Gasteiger partial charge in [-0.3, -0.25) is 0 Å². The highest BCUT2D eigenvalue weighted by molar-refractivity contribution is 5.27. The van der Waals surface area contributed by atoms with Crippen LogP contribution < -0.4 is 5.73 Å². The number of benzene rings is 1. The molecule has 0 bridgehead atoms. The van der Waals surface area contributed by atoms with E-state index in [9.17, 15) is 0 Å². The van der Waals surface area contributed by atoms with Crippen LogP contribution in [0.25, 0.3) is 0 Å². The molecule has 1 heteroatoms. The fraction of sp³-hybridized carbons (Fsp3) is 0.625. The van der Waals surface area contributed by atoms with E-state index in [1.165, 1.54) is 24.0 Å². The molecule has 0 aliphatic carbocycles. The molecule has 0 aliphatic heterocycles. The molecule has 17 heavy (non-hydrogen) atoms. The van der Waals surface area contributed by atoms with Crippen molar-refractivity contribution in [2.45, 2.75) is 52.4 Å². The maximum atomic E-state index is 5.81. The van der Waals surface area contributed by atoms with Crippen LogP contribution in [0.5, 0.6) is 0 Å². The number of hydrogen-bond donors (Lipinski definition) is 1. The molecule has 0 amide bonds. The molecule has 0 heterocycles. The van der Waals surface area contributed by atoms with Gasteiger partial charge in [0.1, 0.15) is 0 Å². The maximum absolute atomic E-state index is 5.81. The third-order valence-electron chi connectivity index (χ3n) is 3.37. The van der Waals surface area contributed by atoms with Crippen LogP contribution in [0.4, 0.5) is 0 Å². The highest BCUT2D eigenvalue weighted by atomic mass is 14.5. The van der Waals surface area contributed by atoms with Gasteiger partial charge < -0.3 is 5.73 Å². The Morgan fingerprint density at radius 1 is 1.12 bits per heavy atom. The van der Waals surface area contributed by atoms with Gasteiger partial charge in [-0.1, -0.05) is 58.4 Å². The maximum Gasteiger partial charge on any atom is -0.00457 e. The third kappa shape index (κ3) is 4.51. The van der Waals surface area contributed by atoms with Gasteiger partial charge in [0.2, 0.25) is 0 Å². The zero-order valence-electron chi connectivity index (χ0n) is 11.8. The molecular weight excluding hydrogens is 206 g/mol. The molecule has 0 saturated carbocycles. The molecule has 0 aromatic heterocycles. The van der Waals surface area contributed by atoms with Gasteiger partial charge in [0, 0.05) is 0 Å². The van der Waals surface area contributed by atoms with Gasteiger partial charge in [-0.15, -0.1) is 0 Å². The van der Waals surface area contributed by atoms with E-state index in [1.54, 1.807) is 0 Å². The molecule has 0 aliphatic rings. The topological polar surface area (TPSA) is 26.0 Å². The zero-order valence-corrected chi connectivity index (χ0v) is 11.8. The summed E-state index contributed by atoms with van der Waals surface area (Å²) in [6.07, 6.45) is 3.58. The van der Waals surface area contributed by atoms with Gasteiger partial charge >= 0.3 is 0 Å². The third-order valence-corrected chi connectivity index (χ3v) is 3.37. The molecule has 0 saturated heterocycles. The Bertz CT molecular complexity index is 318. The summed E-state index contributed by atoms with van der Waals surface area (Å²) in [7, 11) is 0. The first kappa shape index (κ1) is 14.2. The van der Waals surface area contributed by atoms with Crippen LogP contribution in [0.15, 0.2) is 24.3 Å². The van der Waals surface area contributed by atoms with Crippen molar-refractivity contribution in [1.82, 2.24) is 0 Å². The normalized spacial score (nSPS) is 13.7. The predicted octanol–water partition coefficient (Wildman–Crippen LogP) is 3.90. The summed E-state index contributed by atoms with van der Waals surface area (Å²) in [6, 6.07) is 9.04. The number of rotatable bonds is 5. The van der Waals surface area contributed by atoms with Crippen molar-refractivity contribution in [3.8, 4) is 0 Å². The van der Waals surface area contributed by atoms with Gasteiger partial charge in [0.25, 0.3) is 0 Å². The van der Waals surface area contributed by atoms with Crippen molar-refractivity contribution in [3.05, 3.63) is 35.4 Å². The lowest BCUT2D eigenvalue weighted by molar-refractivity contribution is 0.487. The van der Waals surface area contributed by atoms with Gasteiger partial charge in [0.15, 0.2) is 0 Å². The molecule has 1 atom stereocenters. The first-order chi connectivity index (χ1) is 7.97. The lowest BCUT2D eigenvalue weighted by atomic mass is 9.86. The first-order valence-electron chi connectivity index (χ1n) is 6.77. The van der Waals surface area contributed by atoms with Gasteiger partial charge in [-0.2, -0.15) is 0 Å². The molecule has 0 radical (unpaired) electrons. The Morgan fingerprint density at radius 2 is 1.71 bits per heavy atom. The summed E-state index contributed by atoms with van der Waals surface area (Å²) in [5.41, 5.74) is 8.87. The van der Waals surface area contributed by atoms with E-state index in [4.69, 9.17) is 5.73 Å². The Hall–Kier alpha value is -0.820. The predicted molar refractivity (Wildman–Crippen MR) is 76.3 cm³/mol. The largest absolute Gasteiger partial charge is 0.330 e. The fourth-order valence-corrected chi connectivity index (χ4v) is 2.19. The Balaban J connectivity index is 2.68. The average Bonchev–Trinajstić information content (AvgIpc) is 2.28. The molecule has 1 rings (SSSR count). The van der Waals surface area contributed by atoms with E-state index in [0.717, 1.165) is 13.0 Å². The SMILES string of the molecule is CCCC(CN)Cc1ccc(C(C)(C)C)cc1. The summed E-state index contributed by atoms with van der Waals surface area (Å²) >= 11 is 0. The second-order valence-electron chi connectivity index (χ2n) is 6.04. The van der Waals surface area contributed by atoms with Gasteiger partial charge in [-0.25, -0.2) is 0 Å². The van der Waals surface area contributed by atoms with E-state index < -0.39 is 0 Å². The first-order valence-corrected chi connectivity index (χ1v) is 6.77. The zero-order chi connectivity index (χ0) is 12.9. The fourth-order valence-electron chi connectivity index (χ4n) is 2.19. The van der Waals surface area contributed by atoms with Crippen molar-refractivity contribution >= 4 is 0 Å². The second-order valence-corrected chi connectivity index (χ2v) is 6.04. The van der Waals surface area contributed by atoms with Crippen molar-refractivity contribution in [1.29, 1.82) is 0 Å². The molecule has 1 unspecified atom stereocenters. The lowest BCUT2D eigenvalue weighted by Crippen LogP contribution is -2.17. The van der Waals surface area contributed by atoms with Crippen molar-refractivity contribution in [3.63, 3.8) is 0 Å². The Kier molecular flexibility index (Phi) is 5.20. The molecule has 0 fully saturated rings. The summed E-state index contributed by atoms with van der Waals surface area (Å²) in [5.74, 6) is 0.639. The van der Waals surface area contributed by atoms with Crippen LogP contribution in [0, 0.1) is 5.92 Å².